The molecule has 1 atom stereocenters. The number of carbonyl (C=O) groups excluding carboxylic acids is 1. The van der Waals surface area contributed by atoms with Crippen molar-refractivity contribution in [3.8, 4) is 0 Å². The number of nitrogens with two attached hydrogens (primary N) is 1. The van der Waals surface area contributed by atoms with Gasteiger partial charge in [0, 0.05) is 30.8 Å². The Bertz CT molecular complexity index is 542. The SMILES string of the molecule is Cc1cc(N2CCCC(CCC(=O)O)C2)ccc1C(N)=O. The molecular weight excluding hydrogens is 268 g/mol. The van der Waals surface area contributed by atoms with Crippen LogP contribution in [0.3, 0.4) is 0 Å². The number of anilines is 1. The summed E-state index contributed by atoms with van der Waals surface area (Å²) in [6.45, 7) is 3.73. The minimum atomic E-state index is -0.728. The maximum absolute atomic E-state index is 11.3. The van der Waals surface area contributed by atoms with Gasteiger partial charge in [-0.25, -0.2) is 0 Å². The Hall–Kier alpha value is -2.04. The summed E-state index contributed by atoms with van der Waals surface area (Å²) in [5.41, 5.74) is 7.84. The van der Waals surface area contributed by atoms with Gasteiger partial charge >= 0.3 is 5.97 Å². The van der Waals surface area contributed by atoms with Crippen molar-refractivity contribution in [2.75, 3.05) is 18.0 Å². The van der Waals surface area contributed by atoms with Crippen molar-refractivity contribution < 1.29 is 14.7 Å². The van der Waals surface area contributed by atoms with Gasteiger partial charge in [0.05, 0.1) is 0 Å². The van der Waals surface area contributed by atoms with Crippen molar-refractivity contribution >= 4 is 17.6 Å². The monoisotopic (exact) mass is 290 g/mol. The molecule has 0 saturated carbocycles. The lowest BCUT2D eigenvalue weighted by Gasteiger charge is -2.34. The van der Waals surface area contributed by atoms with Crippen molar-refractivity contribution in [2.24, 2.45) is 11.7 Å². The topological polar surface area (TPSA) is 83.6 Å². The number of hydrogen-bond donors (Lipinski definition) is 2. The summed E-state index contributed by atoms with van der Waals surface area (Å²) in [5, 5.41) is 8.79. The molecule has 1 aromatic rings. The van der Waals surface area contributed by atoms with Crippen LogP contribution in [0.5, 0.6) is 0 Å². The van der Waals surface area contributed by atoms with Gasteiger partial charge in [0.2, 0.25) is 5.91 Å². The number of carbonyl (C=O) groups is 2. The summed E-state index contributed by atoms with van der Waals surface area (Å²) < 4.78 is 0. The molecule has 21 heavy (non-hydrogen) atoms. The third-order valence-electron chi connectivity index (χ3n) is 4.13. The number of amides is 1. The number of aryl methyl sites for hydroxylation is 1. The van der Waals surface area contributed by atoms with Gasteiger partial charge in [-0.1, -0.05) is 0 Å². The van der Waals surface area contributed by atoms with E-state index in [4.69, 9.17) is 10.8 Å². The first-order chi connectivity index (χ1) is 9.97. The van der Waals surface area contributed by atoms with Crippen LogP contribution in [0.15, 0.2) is 18.2 Å². The zero-order valence-electron chi connectivity index (χ0n) is 12.3. The van der Waals surface area contributed by atoms with Crippen LogP contribution in [0.25, 0.3) is 0 Å². The van der Waals surface area contributed by atoms with Crippen LogP contribution in [-0.4, -0.2) is 30.1 Å². The fourth-order valence-electron chi connectivity index (χ4n) is 2.98. The van der Waals surface area contributed by atoms with E-state index < -0.39 is 11.9 Å². The summed E-state index contributed by atoms with van der Waals surface area (Å²) >= 11 is 0. The first-order valence-electron chi connectivity index (χ1n) is 7.34. The van der Waals surface area contributed by atoms with E-state index in [-0.39, 0.29) is 6.42 Å². The molecule has 1 aliphatic rings. The predicted octanol–water partition coefficient (Wildman–Crippen LogP) is 2.18. The van der Waals surface area contributed by atoms with Crippen molar-refractivity contribution in [2.45, 2.75) is 32.6 Å². The first kappa shape index (κ1) is 15.4. The second-order valence-corrected chi connectivity index (χ2v) is 5.75. The summed E-state index contributed by atoms with van der Waals surface area (Å²) in [7, 11) is 0. The van der Waals surface area contributed by atoms with Crippen LogP contribution in [0.1, 0.15) is 41.6 Å². The molecule has 0 bridgehead atoms. The van der Waals surface area contributed by atoms with E-state index in [2.05, 4.69) is 4.90 Å². The van der Waals surface area contributed by atoms with Gasteiger partial charge in [-0.05, 0) is 55.9 Å². The summed E-state index contributed by atoms with van der Waals surface area (Å²) in [5.74, 6) is -0.711. The number of benzene rings is 1. The molecule has 1 aliphatic heterocycles. The Balaban J connectivity index is 2.05. The van der Waals surface area contributed by atoms with Crippen molar-refractivity contribution in [3.05, 3.63) is 29.3 Å². The number of aliphatic carboxylic acids is 1. The zero-order valence-corrected chi connectivity index (χ0v) is 12.3. The number of hydrogen-bond acceptors (Lipinski definition) is 3. The summed E-state index contributed by atoms with van der Waals surface area (Å²) in [6, 6.07) is 5.68. The molecule has 0 aromatic heterocycles. The van der Waals surface area contributed by atoms with E-state index in [0.29, 0.717) is 11.5 Å². The lowest BCUT2D eigenvalue weighted by atomic mass is 9.93. The molecule has 1 fully saturated rings. The first-order valence-corrected chi connectivity index (χ1v) is 7.34. The number of primary amides is 1. The van der Waals surface area contributed by atoms with Crippen molar-refractivity contribution in [3.63, 3.8) is 0 Å². The van der Waals surface area contributed by atoms with E-state index >= 15 is 0 Å². The molecule has 1 amide bonds. The van der Waals surface area contributed by atoms with E-state index in [1.807, 2.05) is 19.1 Å². The highest BCUT2D eigenvalue weighted by atomic mass is 16.4. The average Bonchev–Trinajstić information content (AvgIpc) is 2.45. The minimum absolute atomic E-state index is 0.234. The highest BCUT2D eigenvalue weighted by Crippen LogP contribution is 2.27. The molecule has 1 unspecified atom stereocenters. The van der Waals surface area contributed by atoms with Gasteiger partial charge in [0.25, 0.3) is 0 Å². The van der Waals surface area contributed by atoms with E-state index in [0.717, 1.165) is 43.6 Å². The Morgan fingerprint density at radius 2 is 2.19 bits per heavy atom. The molecule has 5 heteroatoms. The van der Waals surface area contributed by atoms with Crippen LogP contribution >= 0.6 is 0 Å². The van der Waals surface area contributed by atoms with Gasteiger partial charge in [0.15, 0.2) is 0 Å². The number of piperidine rings is 1. The minimum Gasteiger partial charge on any atom is -0.481 e. The zero-order chi connectivity index (χ0) is 15.4. The molecule has 2 rings (SSSR count). The van der Waals surface area contributed by atoms with Crippen LogP contribution in [0, 0.1) is 12.8 Å². The molecule has 3 N–H and O–H groups in total. The molecule has 5 nitrogen and oxygen atoms in total. The normalized spacial score (nSPS) is 18.5. The molecular formula is C16H22N2O3. The third kappa shape index (κ3) is 3.97. The average molecular weight is 290 g/mol. The lowest BCUT2D eigenvalue weighted by molar-refractivity contribution is -0.137. The maximum atomic E-state index is 11.3. The van der Waals surface area contributed by atoms with E-state index in [9.17, 15) is 9.59 Å². The molecule has 0 radical (unpaired) electrons. The van der Waals surface area contributed by atoms with Crippen LogP contribution < -0.4 is 10.6 Å². The fraction of sp³-hybridized carbons (Fsp3) is 0.500. The van der Waals surface area contributed by atoms with E-state index in [1.165, 1.54) is 0 Å². The number of carboxylic acid groups (broad SMARTS) is 1. The molecule has 1 saturated heterocycles. The van der Waals surface area contributed by atoms with Gasteiger partial charge in [0.1, 0.15) is 0 Å². The van der Waals surface area contributed by atoms with Crippen LogP contribution in [-0.2, 0) is 4.79 Å². The van der Waals surface area contributed by atoms with Crippen LogP contribution in [0.2, 0.25) is 0 Å². The molecule has 1 aromatic carbocycles. The standard InChI is InChI=1S/C16H22N2O3/c1-11-9-13(5-6-14(11)16(17)21)18-8-2-3-12(10-18)4-7-15(19)20/h5-6,9,12H,2-4,7-8,10H2,1H3,(H2,17,21)(H,19,20). The number of nitrogens with zero attached hydrogens (tertiary/aromatic N) is 1. The fourth-order valence-corrected chi connectivity index (χ4v) is 2.98. The number of carboxylic acids is 1. The number of rotatable bonds is 5. The van der Waals surface area contributed by atoms with Gasteiger partial charge in [-0.2, -0.15) is 0 Å². The Labute approximate surface area is 124 Å². The van der Waals surface area contributed by atoms with Gasteiger partial charge in [-0.15, -0.1) is 0 Å². The highest BCUT2D eigenvalue weighted by Gasteiger charge is 2.21. The quantitative estimate of drug-likeness (QED) is 0.870. The van der Waals surface area contributed by atoms with Crippen molar-refractivity contribution in [1.82, 2.24) is 0 Å². The van der Waals surface area contributed by atoms with Crippen molar-refractivity contribution in [1.29, 1.82) is 0 Å². The molecule has 1 heterocycles. The second-order valence-electron chi connectivity index (χ2n) is 5.75. The summed E-state index contributed by atoms with van der Waals surface area (Å²) in [4.78, 5) is 24.2. The Morgan fingerprint density at radius 1 is 1.43 bits per heavy atom. The largest absolute Gasteiger partial charge is 0.481 e. The van der Waals surface area contributed by atoms with E-state index in [1.54, 1.807) is 6.07 Å². The third-order valence-corrected chi connectivity index (χ3v) is 4.13. The Kier molecular flexibility index (Phi) is 4.83. The van der Waals surface area contributed by atoms with Gasteiger partial charge in [-0.3, -0.25) is 9.59 Å². The maximum Gasteiger partial charge on any atom is 0.303 e. The van der Waals surface area contributed by atoms with Crippen LogP contribution in [0.4, 0.5) is 5.69 Å². The molecule has 0 aliphatic carbocycles. The predicted molar refractivity (Wildman–Crippen MR) is 81.5 cm³/mol. The summed E-state index contributed by atoms with van der Waals surface area (Å²) in [6.07, 6.45) is 3.12. The second kappa shape index (κ2) is 6.61. The smallest absolute Gasteiger partial charge is 0.303 e. The Morgan fingerprint density at radius 3 is 2.81 bits per heavy atom. The highest BCUT2D eigenvalue weighted by molar-refractivity contribution is 5.94. The molecule has 0 spiro atoms. The lowest BCUT2D eigenvalue weighted by Crippen LogP contribution is -2.35. The molecule has 114 valence electrons. The van der Waals surface area contributed by atoms with Gasteiger partial charge < -0.3 is 15.7 Å².